The van der Waals surface area contributed by atoms with Crippen LogP contribution < -0.4 is 4.74 Å². The van der Waals surface area contributed by atoms with Crippen LogP contribution in [-0.4, -0.2) is 13.1 Å². The minimum atomic E-state index is -0.374. The van der Waals surface area contributed by atoms with E-state index >= 15 is 0 Å². The Balaban J connectivity index is 1.71. The van der Waals surface area contributed by atoms with Crippen LogP contribution >= 0.6 is 0 Å². The van der Waals surface area contributed by atoms with Gasteiger partial charge in [0.05, 0.1) is 24.7 Å². The topological polar surface area (TPSA) is 59.3 Å². The highest BCUT2D eigenvalue weighted by Gasteiger charge is 2.17. The molecule has 3 aromatic rings. The molecule has 3 rings (SSSR count). The van der Waals surface area contributed by atoms with E-state index in [0.717, 1.165) is 27.6 Å². The summed E-state index contributed by atoms with van der Waals surface area (Å²) >= 11 is 0. The molecule has 4 heteroatoms. The van der Waals surface area contributed by atoms with E-state index in [1.807, 2.05) is 49.4 Å². The number of esters is 1. The second-order valence-corrected chi connectivity index (χ2v) is 6.11. The van der Waals surface area contributed by atoms with E-state index in [2.05, 4.69) is 6.07 Å². The highest BCUT2D eigenvalue weighted by Crippen LogP contribution is 2.26. The quantitative estimate of drug-likeness (QED) is 0.636. The van der Waals surface area contributed by atoms with E-state index in [9.17, 15) is 4.79 Å². The molecule has 4 nitrogen and oxygen atoms in total. The van der Waals surface area contributed by atoms with E-state index in [1.165, 1.54) is 0 Å². The summed E-state index contributed by atoms with van der Waals surface area (Å²) in [6.45, 7) is 1.99. The van der Waals surface area contributed by atoms with E-state index in [1.54, 1.807) is 25.3 Å². The van der Waals surface area contributed by atoms with Gasteiger partial charge in [0.2, 0.25) is 0 Å². The highest BCUT2D eigenvalue weighted by atomic mass is 16.5. The summed E-state index contributed by atoms with van der Waals surface area (Å²) in [6, 6.07) is 20.9. The Kier molecular flexibility index (Phi) is 5.19. The molecule has 130 valence electrons. The maximum absolute atomic E-state index is 12.4. The molecule has 0 aliphatic carbocycles. The molecule has 0 fully saturated rings. The minimum absolute atomic E-state index is 0.156. The highest BCUT2D eigenvalue weighted by molar-refractivity contribution is 5.86. The van der Waals surface area contributed by atoms with Crippen molar-refractivity contribution in [3.05, 3.63) is 77.4 Å². The van der Waals surface area contributed by atoms with Gasteiger partial charge < -0.3 is 9.47 Å². The summed E-state index contributed by atoms with van der Waals surface area (Å²) in [7, 11) is 1.64. The van der Waals surface area contributed by atoms with Crippen LogP contribution in [0.15, 0.2) is 60.7 Å². The number of carbonyl (C=O) groups excluding carboxylic acids is 1. The number of rotatable bonds is 5. The van der Waals surface area contributed by atoms with Crippen molar-refractivity contribution in [1.82, 2.24) is 0 Å². The first-order valence-corrected chi connectivity index (χ1v) is 8.34. The van der Waals surface area contributed by atoms with Crippen molar-refractivity contribution in [1.29, 1.82) is 5.26 Å². The minimum Gasteiger partial charge on any atom is -0.497 e. The maximum atomic E-state index is 12.4. The van der Waals surface area contributed by atoms with Crippen LogP contribution in [0.3, 0.4) is 0 Å². The number of hydrogen-bond donors (Lipinski definition) is 0. The van der Waals surface area contributed by atoms with Crippen LogP contribution in [0.5, 0.6) is 5.75 Å². The van der Waals surface area contributed by atoms with Gasteiger partial charge in [-0.1, -0.05) is 36.4 Å². The SMILES string of the molecule is COc1ccc2cc([C@H](C)C(=O)OCc3cccc(C#N)c3)ccc2c1. The second-order valence-electron chi connectivity index (χ2n) is 6.11. The van der Waals surface area contributed by atoms with Crippen molar-refractivity contribution in [2.45, 2.75) is 19.4 Å². The van der Waals surface area contributed by atoms with Crippen LogP contribution in [0.25, 0.3) is 10.8 Å². The van der Waals surface area contributed by atoms with Gasteiger partial charge in [-0.3, -0.25) is 4.79 Å². The van der Waals surface area contributed by atoms with Crippen LogP contribution in [-0.2, 0) is 16.1 Å². The van der Waals surface area contributed by atoms with Crippen molar-refractivity contribution < 1.29 is 14.3 Å². The molecule has 0 saturated heterocycles. The third-order valence-electron chi connectivity index (χ3n) is 4.36. The normalized spacial score (nSPS) is 11.6. The van der Waals surface area contributed by atoms with Crippen LogP contribution in [0.2, 0.25) is 0 Å². The Labute approximate surface area is 152 Å². The molecule has 3 aromatic carbocycles. The number of hydrogen-bond acceptors (Lipinski definition) is 4. The lowest BCUT2D eigenvalue weighted by molar-refractivity contribution is -0.146. The maximum Gasteiger partial charge on any atom is 0.313 e. The lowest BCUT2D eigenvalue weighted by Gasteiger charge is -2.13. The van der Waals surface area contributed by atoms with E-state index < -0.39 is 0 Å². The van der Waals surface area contributed by atoms with Gasteiger partial charge >= 0.3 is 5.97 Å². The van der Waals surface area contributed by atoms with Gasteiger partial charge in [-0.15, -0.1) is 0 Å². The number of carbonyl (C=O) groups is 1. The number of ether oxygens (including phenoxy) is 2. The summed E-state index contributed by atoms with van der Waals surface area (Å²) in [5.74, 6) is 0.137. The fourth-order valence-electron chi connectivity index (χ4n) is 2.78. The first-order chi connectivity index (χ1) is 12.6. The van der Waals surface area contributed by atoms with Gasteiger partial charge in [0.1, 0.15) is 12.4 Å². The van der Waals surface area contributed by atoms with Crippen molar-refractivity contribution in [3.63, 3.8) is 0 Å². The zero-order chi connectivity index (χ0) is 18.5. The first kappa shape index (κ1) is 17.5. The summed E-state index contributed by atoms with van der Waals surface area (Å²) in [5.41, 5.74) is 2.25. The van der Waals surface area contributed by atoms with Crippen molar-refractivity contribution in [2.24, 2.45) is 0 Å². The van der Waals surface area contributed by atoms with Crippen molar-refractivity contribution in [3.8, 4) is 11.8 Å². The molecular weight excluding hydrogens is 326 g/mol. The standard InChI is InChI=1S/C22H19NO3/c1-15(22(24)26-14-17-5-3-4-16(10-17)13-23)18-6-7-20-12-21(25-2)9-8-19(20)11-18/h3-12,15H,14H2,1-2H3/t15-/m0/s1. The third kappa shape index (κ3) is 3.84. The molecule has 0 amide bonds. The largest absolute Gasteiger partial charge is 0.497 e. The smallest absolute Gasteiger partial charge is 0.313 e. The molecule has 26 heavy (non-hydrogen) atoms. The molecule has 0 bridgehead atoms. The van der Waals surface area contributed by atoms with Crippen molar-refractivity contribution in [2.75, 3.05) is 7.11 Å². The molecule has 0 saturated carbocycles. The Morgan fingerprint density at radius 2 is 1.85 bits per heavy atom. The summed E-state index contributed by atoms with van der Waals surface area (Å²) in [6.07, 6.45) is 0. The Hall–Kier alpha value is -3.32. The fraction of sp³-hybridized carbons (Fsp3) is 0.182. The summed E-state index contributed by atoms with van der Waals surface area (Å²) in [5, 5.41) is 11.0. The number of methoxy groups -OCH3 is 1. The zero-order valence-electron chi connectivity index (χ0n) is 14.7. The Bertz CT molecular complexity index is 988. The van der Waals surface area contributed by atoms with Gasteiger partial charge in [0.25, 0.3) is 0 Å². The number of fused-ring (bicyclic) bond motifs is 1. The molecule has 0 spiro atoms. The predicted octanol–water partition coefficient (Wildman–Crippen LogP) is 4.57. The lowest BCUT2D eigenvalue weighted by Crippen LogP contribution is -2.13. The van der Waals surface area contributed by atoms with E-state index in [0.29, 0.717) is 5.56 Å². The molecule has 0 unspecified atom stereocenters. The molecule has 0 radical (unpaired) electrons. The number of nitriles is 1. The van der Waals surface area contributed by atoms with Gasteiger partial charge in [-0.05, 0) is 53.1 Å². The van der Waals surface area contributed by atoms with Crippen LogP contribution in [0.4, 0.5) is 0 Å². The fourth-order valence-corrected chi connectivity index (χ4v) is 2.78. The molecule has 0 aromatic heterocycles. The molecule has 1 atom stereocenters. The van der Waals surface area contributed by atoms with E-state index in [-0.39, 0.29) is 18.5 Å². The predicted molar refractivity (Wildman–Crippen MR) is 99.9 cm³/mol. The monoisotopic (exact) mass is 345 g/mol. The molecule has 0 aliphatic rings. The third-order valence-corrected chi connectivity index (χ3v) is 4.36. The zero-order valence-corrected chi connectivity index (χ0v) is 14.7. The average Bonchev–Trinajstić information content (AvgIpc) is 2.70. The molecular formula is C22H19NO3. The van der Waals surface area contributed by atoms with Crippen molar-refractivity contribution >= 4 is 16.7 Å². The number of nitrogens with zero attached hydrogens (tertiary/aromatic N) is 1. The lowest BCUT2D eigenvalue weighted by atomic mass is 9.98. The van der Waals surface area contributed by atoms with E-state index in [4.69, 9.17) is 14.7 Å². The molecule has 0 aliphatic heterocycles. The first-order valence-electron chi connectivity index (χ1n) is 8.34. The molecule has 0 heterocycles. The number of benzene rings is 3. The Morgan fingerprint density at radius 1 is 1.08 bits per heavy atom. The Morgan fingerprint density at radius 3 is 2.62 bits per heavy atom. The van der Waals surface area contributed by atoms with Gasteiger partial charge in [-0.25, -0.2) is 0 Å². The van der Waals surface area contributed by atoms with Crippen LogP contribution in [0.1, 0.15) is 29.5 Å². The summed E-state index contributed by atoms with van der Waals surface area (Å²) in [4.78, 5) is 12.4. The van der Waals surface area contributed by atoms with Crippen LogP contribution in [0, 0.1) is 11.3 Å². The van der Waals surface area contributed by atoms with Gasteiger partial charge in [0, 0.05) is 0 Å². The molecule has 0 N–H and O–H groups in total. The summed E-state index contributed by atoms with van der Waals surface area (Å²) < 4.78 is 10.7. The van der Waals surface area contributed by atoms with Gasteiger partial charge in [0.15, 0.2) is 0 Å². The second kappa shape index (κ2) is 7.71. The average molecular weight is 345 g/mol. The van der Waals surface area contributed by atoms with Gasteiger partial charge in [-0.2, -0.15) is 5.26 Å².